The highest BCUT2D eigenvalue weighted by Crippen LogP contribution is 2.21. The van der Waals surface area contributed by atoms with Gasteiger partial charge in [-0.25, -0.2) is 0 Å². The molecule has 1 aliphatic rings. The normalized spacial score (nSPS) is 23.3. The predicted molar refractivity (Wildman–Crippen MR) is 60.0 cm³/mol. The summed E-state index contributed by atoms with van der Waals surface area (Å²) in [7, 11) is 0. The van der Waals surface area contributed by atoms with Crippen molar-refractivity contribution in [2.24, 2.45) is 0 Å². The Hall–Kier alpha value is -0.330. The minimum Gasteiger partial charge on any atom is -0.378 e. The van der Waals surface area contributed by atoms with Gasteiger partial charge in [-0.15, -0.1) is 0 Å². The van der Waals surface area contributed by atoms with E-state index in [2.05, 4.69) is 5.32 Å². The van der Waals surface area contributed by atoms with Crippen LogP contribution in [0.1, 0.15) is 20.3 Å². The Balaban J connectivity index is 2.37. The molecule has 3 nitrogen and oxygen atoms in total. The zero-order valence-corrected chi connectivity index (χ0v) is 10.4. The zero-order chi connectivity index (χ0) is 12.9. The standard InChI is InChI=1S/C11H21F3N2O/c1-9(2)15-7-10-8-17-6-5-16(10)4-3-11(12,13)14/h9-10,15H,3-8H2,1-2H3. The van der Waals surface area contributed by atoms with Crippen LogP contribution < -0.4 is 5.32 Å². The van der Waals surface area contributed by atoms with Crippen LogP contribution in [0, 0.1) is 0 Å². The Morgan fingerprint density at radius 1 is 1.41 bits per heavy atom. The van der Waals surface area contributed by atoms with Gasteiger partial charge in [-0.3, -0.25) is 4.90 Å². The Kier molecular flexibility index (Phi) is 5.69. The van der Waals surface area contributed by atoms with Crippen LogP contribution in [0.5, 0.6) is 0 Å². The molecule has 0 aromatic heterocycles. The highest BCUT2D eigenvalue weighted by atomic mass is 19.4. The lowest BCUT2D eigenvalue weighted by Crippen LogP contribution is -2.51. The monoisotopic (exact) mass is 254 g/mol. The predicted octanol–water partition coefficient (Wildman–Crippen LogP) is 1.64. The first kappa shape index (κ1) is 14.7. The van der Waals surface area contributed by atoms with Crippen molar-refractivity contribution in [3.05, 3.63) is 0 Å². The van der Waals surface area contributed by atoms with E-state index in [0.717, 1.165) is 0 Å². The Morgan fingerprint density at radius 2 is 2.12 bits per heavy atom. The van der Waals surface area contributed by atoms with Crippen molar-refractivity contribution in [3.63, 3.8) is 0 Å². The second kappa shape index (κ2) is 6.56. The van der Waals surface area contributed by atoms with Crippen LogP contribution in [-0.2, 0) is 4.74 Å². The number of nitrogens with zero attached hydrogens (tertiary/aromatic N) is 1. The van der Waals surface area contributed by atoms with Gasteiger partial charge in [0.05, 0.1) is 19.6 Å². The van der Waals surface area contributed by atoms with E-state index in [4.69, 9.17) is 4.74 Å². The molecule has 17 heavy (non-hydrogen) atoms. The Bertz CT molecular complexity index is 221. The van der Waals surface area contributed by atoms with E-state index in [-0.39, 0.29) is 12.6 Å². The van der Waals surface area contributed by atoms with Crippen molar-refractivity contribution < 1.29 is 17.9 Å². The van der Waals surface area contributed by atoms with Crippen molar-refractivity contribution in [1.82, 2.24) is 10.2 Å². The average Bonchev–Trinajstić information content (AvgIpc) is 2.23. The van der Waals surface area contributed by atoms with E-state index in [0.29, 0.717) is 32.3 Å². The van der Waals surface area contributed by atoms with Crippen LogP contribution in [-0.4, -0.2) is 56.0 Å². The quantitative estimate of drug-likeness (QED) is 0.807. The van der Waals surface area contributed by atoms with Gasteiger partial charge in [0.25, 0.3) is 0 Å². The summed E-state index contributed by atoms with van der Waals surface area (Å²) in [6.45, 7) is 6.40. The first-order valence-electron chi connectivity index (χ1n) is 6.00. The van der Waals surface area contributed by atoms with Crippen molar-refractivity contribution in [1.29, 1.82) is 0 Å². The molecule has 0 radical (unpaired) electrons. The third-order valence-corrected chi connectivity index (χ3v) is 2.79. The number of hydrogen-bond donors (Lipinski definition) is 1. The molecule has 0 aromatic rings. The fraction of sp³-hybridized carbons (Fsp3) is 1.00. The topological polar surface area (TPSA) is 24.5 Å². The molecule has 1 fully saturated rings. The van der Waals surface area contributed by atoms with E-state index in [9.17, 15) is 13.2 Å². The number of halogens is 3. The summed E-state index contributed by atoms with van der Waals surface area (Å²) in [5.74, 6) is 0. The molecular formula is C11H21F3N2O. The summed E-state index contributed by atoms with van der Waals surface area (Å²) in [5.41, 5.74) is 0. The summed E-state index contributed by atoms with van der Waals surface area (Å²) < 4.78 is 41.8. The fourth-order valence-electron chi connectivity index (χ4n) is 1.81. The lowest BCUT2D eigenvalue weighted by Gasteiger charge is -2.36. The molecule has 0 amide bonds. The van der Waals surface area contributed by atoms with E-state index < -0.39 is 12.6 Å². The van der Waals surface area contributed by atoms with Crippen LogP contribution >= 0.6 is 0 Å². The number of morpholine rings is 1. The van der Waals surface area contributed by atoms with E-state index >= 15 is 0 Å². The number of ether oxygens (including phenoxy) is 1. The van der Waals surface area contributed by atoms with Gasteiger partial charge in [-0.1, -0.05) is 13.8 Å². The average molecular weight is 254 g/mol. The maximum atomic E-state index is 12.2. The lowest BCUT2D eigenvalue weighted by molar-refractivity contribution is -0.142. The summed E-state index contributed by atoms with van der Waals surface area (Å²) in [5, 5.41) is 3.24. The summed E-state index contributed by atoms with van der Waals surface area (Å²) in [4.78, 5) is 1.87. The minimum absolute atomic E-state index is 0.0495. The molecule has 1 saturated heterocycles. The molecule has 0 spiro atoms. The summed E-state index contributed by atoms with van der Waals surface area (Å²) in [6.07, 6.45) is -4.82. The van der Waals surface area contributed by atoms with Crippen LogP contribution in [0.3, 0.4) is 0 Å². The third kappa shape index (κ3) is 6.24. The van der Waals surface area contributed by atoms with Crippen molar-refractivity contribution in [2.75, 3.05) is 32.8 Å². The molecule has 0 aliphatic carbocycles. The number of rotatable bonds is 5. The molecule has 1 N–H and O–H groups in total. The Labute approximate surface area is 100 Å². The van der Waals surface area contributed by atoms with Gasteiger partial charge in [0.1, 0.15) is 0 Å². The Morgan fingerprint density at radius 3 is 2.71 bits per heavy atom. The SMILES string of the molecule is CC(C)NCC1COCCN1CCC(F)(F)F. The molecule has 0 saturated carbocycles. The van der Waals surface area contributed by atoms with Crippen molar-refractivity contribution >= 4 is 0 Å². The fourth-order valence-corrected chi connectivity index (χ4v) is 1.81. The van der Waals surface area contributed by atoms with Crippen LogP contribution in [0.15, 0.2) is 0 Å². The van der Waals surface area contributed by atoms with Gasteiger partial charge in [0.2, 0.25) is 0 Å². The zero-order valence-electron chi connectivity index (χ0n) is 10.4. The summed E-state index contributed by atoms with van der Waals surface area (Å²) >= 11 is 0. The molecule has 6 heteroatoms. The van der Waals surface area contributed by atoms with Gasteiger partial charge in [-0.05, 0) is 0 Å². The highest BCUT2D eigenvalue weighted by Gasteiger charge is 2.30. The smallest absolute Gasteiger partial charge is 0.378 e. The van der Waals surface area contributed by atoms with Gasteiger partial charge < -0.3 is 10.1 Å². The van der Waals surface area contributed by atoms with Crippen molar-refractivity contribution in [2.45, 2.75) is 38.5 Å². The highest BCUT2D eigenvalue weighted by molar-refractivity contribution is 4.78. The molecular weight excluding hydrogens is 233 g/mol. The number of nitrogens with one attached hydrogen (secondary N) is 1. The number of hydrogen-bond acceptors (Lipinski definition) is 3. The lowest BCUT2D eigenvalue weighted by atomic mass is 10.2. The molecule has 1 atom stereocenters. The molecule has 0 bridgehead atoms. The molecule has 102 valence electrons. The molecule has 1 rings (SSSR count). The first-order valence-corrected chi connectivity index (χ1v) is 6.00. The second-order valence-electron chi connectivity index (χ2n) is 4.69. The maximum absolute atomic E-state index is 12.2. The summed E-state index contributed by atoms with van der Waals surface area (Å²) in [6, 6.07) is 0.384. The van der Waals surface area contributed by atoms with Gasteiger partial charge >= 0.3 is 6.18 Å². The largest absolute Gasteiger partial charge is 0.390 e. The second-order valence-corrected chi connectivity index (χ2v) is 4.69. The van der Waals surface area contributed by atoms with E-state index in [1.165, 1.54) is 0 Å². The van der Waals surface area contributed by atoms with Crippen LogP contribution in [0.2, 0.25) is 0 Å². The van der Waals surface area contributed by atoms with E-state index in [1.54, 1.807) is 0 Å². The van der Waals surface area contributed by atoms with Crippen molar-refractivity contribution in [3.8, 4) is 0 Å². The molecule has 1 aliphatic heterocycles. The molecule has 0 aromatic carbocycles. The van der Waals surface area contributed by atoms with Gasteiger partial charge in [0, 0.05) is 31.7 Å². The van der Waals surface area contributed by atoms with Gasteiger partial charge in [-0.2, -0.15) is 13.2 Å². The van der Waals surface area contributed by atoms with Crippen LogP contribution in [0.4, 0.5) is 13.2 Å². The van der Waals surface area contributed by atoms with Crippen LogP contribution in [0.25, 0.3) is 0 Å². The van der Waals surface area contributed by atoms with Gasteiger partial charge in [0.15, 0.2) is 0 Å². The molecule has 1 unspecified atom stereocenters. The first-order chi connectivity index (χ1) is 7.88. The van der Waals surface area contributed by atoms with E-state index in [1.807, 2.05) is 18.7 Å². The number of alkyl halides is 3. The molecule has 1 heterocycles. The third-order valence-electron chi connectivity index (χ3n) is 2.79. The maximum Gasteiger partial charge on any atom is 0.390 e. The minimum atomic E-state index is -4.08.